The van der Waals surface area contributed by atoms with Gasteiger partial charge in [0.1, 0.15) is 17.8 Å². The van der Waals surface area contributed by atoms with Gasteiger partial charge in [-0.3, -0.25) is 9.59 Å². The summed E-state index contributed by atoms with van der Waals surface area (Å²) in [5.41, 5.74) is 1.63. The molecule has 1 aliphatic heterocycles. The van der Waals surface area contributed by atoms with Crippen molar-refractivity contribution in [2.24, 2.45) is 0 Å². The van der Waals surface area contributed by atoms with Gasteiger partial charge in [0.05, 0.1) is 30.0 Å². The summed E-state index contributed by atoms with van der Waals surface area (Å²) >= 11 is 3.50. The number of hydrogen-bond acceptors (Lipinski definition) is 5. The van der Waals surface area contributed by atoms with E-state index in [4.69, 9.17) is 9.47 Å². The Bertz CT molecular complexity index is 1200. The number of rotatable bonds is 8. The largest absolute Gasteiger partial charge is 0.492 e. The highest BCUT2D eigenvalue weighted by Crippen LogP contribution is 2.47. The van der Waals surface area contributed by atoms with Crippen LogP contribution in [0.5, 0.6) is 11.5 Å². The van der Waals surface area contributed by atoms with Crippen LogP contribution in [-0.4, -0.2) is 31.3 Å². The number of anilines is 1. The molecule has 3 aromatic carbocycles. The van der Waals surface area contributed by atoms with Crippen molar-refractivity contribution < 1.29 is 23.9 Å². The van der Waals surface area contributed by atoms with Crippen LogP contribution in [0.15, 0.2) is 46.9 Å². The van der Waals surface area contributed by atoms with Crippen molar-refractivity contribution in [1.82, 2.24) is 0 Å². The lowest BCUT2D eigenvalue weighted by Gasteiger charge is -2.18. The first-order valence-corrected chi connectivity index (χ1v) is 11.7. The fraction of sp³-hybridized carbons (Fsp3) is 0.269. The number of ether oxygens (including phenoxy) is 2. The minimum absolute atomic E-state index is 0.208. The van der Waals surface area contributed by atoms with Gasteiger partial charge in [0.15, 0.2) is 0 Å². The van der Waals surface area contributed by atoms with Crippen LogP contribution in [0.4, 0.5) is 5.69 Å². The van der Waals surface area contributed by atoms with E-state index in [1.807, 2.05) is 45.0 Å². The van der Waals surface area contributed by atoms with Crippen molar-refractivity contribution in [3.63, 3.8) is 0 Å². The van der Waals surface area contributed by atoms with Crippen LogP contribution >= 0.6 is 15.9 Å². The molecule has 1 aliphatic rings. The van der Waals surface area contributed by atoms with Gasteiger partial charge in [0.2, 0.25) is 0 Å². The number of benzene rings is 3. The second-order valence-electron chi connectivity index (χ2n) is 7.63. The molecular weight excluding hydrogens is 486 g/mol. The molecule has 0 aromatic heterocycles. The van der Waals surface area contributed by atoms with E-state index in [-0.39, 0.29) is 17.0 Å². The Morgan fingerprint density at radius 3 is 1.88 bits per heavy atom. The normalized spacial score (nSPS) is 13.9. The molecule has 0 bridgehead atoms. The standard InChI is InChI=1S/C26H24BrNO5/c1-4-15(14-29)16-11-12-20(19(27)13-16)28-25(30)21-22(26(28)31)24(33-6-3)18-10-8-7-9-17(18)23(21)32-5-2/h7-15H,4-6H2,1-3H3. The minimum atomic E-state index is -0.471. The monoisotopic (exact) mass is 509 g/mol. The number of carbonyl (C=O) groups is 3. The summed E-state index contributed by atoms with van der Waals surface area (Å²) in [6, 6.07) is 12.7. The summed E-state index contributed by atoms with van der Waals surface area (Å²) in [6.45, 7) is 6.29. The van der Waals surface area contributed by atoms with Gasteiger partial charge in [-0.15, -0.1) is 0 Å². The Morgan fingerprint density at radius 2 is 1.45 bits per heavy atom. The first-order valence-electron chi connectivity index (χ1n) is 11.0. The molecule has 1 heterocycles. The van der Waals surface area contributed by atoms with Crippen LogP contribution in [-0.2, 0) is 4.79 Å². The molecule has 0 saturated heterocycles. The van der Waals surface area contributed by atoms with E-state index in [9.17, 15) is 14.4 Å². The van der Waals surface area contributed by atoms with Crippen molar-refractivity contribution in [3.8, 4) is 11.5 Å². The fourth-order valence-corrected chi connectivity index (χ4v) is 4.83. The van der Waals surface area contributed by atoms with Crippen LogP contribution in [0.25, 0.3) is 10.8 Å². The van der Waals surface area contributed by atoms with Crippen LogP contribution in [0.2, 0.25) is 0 Å². The highest BCUT2D eigenvalue weighted by Gasteiger charge is 2.44. The molecule has 0 N–H and O–H groups in total. The molecule has 6 nitrogen and oxygen atoms in total. The van der Waals surface area contributed by atoms with E-state index in [1.54, 1.807) is 18.2 Å². The zero-order chi connectivity index (χ0) is 23.7. The predicted octanol–water partition coefficient (Wildman–Crippen LogP) is 5.89. The maximum atomic E-state index is 13.7. The van der Waals surface area contributed by atoms with Gasteiger partial charge in [-0.1, -0.05) is 37.3 Å². The smallest absolute Gasteiger partial charge is 0.270 e. The summed E-state index contributed by atoms with van der Waals surface area (Å²) in [5, 5.41) is 1.44. The molecule has 0 aliphatic carbocycles. The lowest BCUT2D eigenvalue weighted by atomic mass is 9.98. The third-order valence-electron chi connectivity index (χ3n) is 5.78. The van der Waals surface area contributed by atoms with E-state index in [0.717, 1.165) is 27.5 Å². The number of halogens is 1. The quantitative estimate of drug-likeness (QED) is 0.279. The molecule has 33 heavy (non-hydrogen) atoms. The first kappa shape index (κ1) is 23.0. The predicted molar refractivity (Wildman–Crippen MR) is 131 cm³/mol. The summed E-state index contributed by atoms with van der Waals surface area (Å²) in [7, 11) is 0. The molecular formula is C26H24BrNO5. The molecule has 0 fully saturated rings. The molecule has 7 heteroatoms. The average molecular weight is 510 g/mol. The number of nitrogens with zero attached hydrogens (tertiary/aromatic N) is 1. The summed E-state index contributed by atoms with van der Waals surface area (Å²) < 4.78 is 12.4. The molecule has 1 unspecified atom stereocenters. The van der Waals surface area contributed by atoms with Gasteiger partial charge in [-0.2, -0.15) is 0 Å². The molecule has 170 valence electrons. The van der Waals surface area contributed by atoms with Crippen LogP contribution in [0.1, 0.15) is 59.4 Å². The van der Waals surface area contributed by atoms with Crippen molar-refractivity contribution >= 4 is 50.5 Å². The van der Waals surface area contributed by atoms with E-state index < -0.39 is 11.8 Å². The van der Waals surface area contributed by atoms with Crippen LogP contribution in [0, 0.1) is 0 Å². The Kier molecular flexibility index (Phi) is 6.51. The molecule has 0 saturated carbocycles. The summed E-state index contributed by atoms with van der Waals surface area (Å²) in [6.07, 6.45) is 1.56. The van der Waals surface area contributed by atoms with E-state index in [1.165, 1.54) is 0 Å². The molecule has 3 aromatic rings. The minimum Gasteiger partial charge on any atom is -0.492 e. The van der Waals surface area contributed by atoms with Gasteiger partial charge in [-0.25, -0.2) is 4.90 Å². The lowest BCUT2D eigenvalue weighted by molar-refractivity contribution is -0.109. The Morgan fingerprint density at radius 1 is 0.909 bits per heavy atom. The number of imide groups is 1. The second kappa shape index (κ2) is 9.35. The maximum absolute atomic E-state index is 13.7. The SMILES string of the molecule is CCOc1c2c(c(OCC)c3ccccc13)C(=O)N(c1ccc(C(C=O)CC)cc1Br)C2=O. The van der Waals surface area contributed by atoms with Gasteiger partial charge >= 0.3 is 0 Å². The number of fused-ring (bicyclic) bond motifs is 2. The van der Waals surface area contributed by atoms with E-state index >= 15 is 0 Å². The number of hydrogen-bond donors (Lipinski definition) is 0. The van der Waals surface area contributed by atoms with Crippen LogP contribution < -0.4 is 14.4 Å². The molecule has 4 rings (SSSR count). The van der Waals surface area contributed by atoms with Crippen molar-refractivity contribution in [3.05, 3.63) is 63.6 Å². The fourth-order valence-electron chi connectivity index (χ4n) is 4.25. The molecule has 0 spiro atoms. The molecule has 1 atom stereocenters. The van der Waals surface area contributed by atoms with E-state index in [0.29, 0.717) is 41.3 Å². The topological polar surface area (TPSA) is 72.9 Å². The molecule has 0 radical (unpaired) electrons. The lowest BCUT2D eigenvalue weighted by Crippen LogP contribution is -2.30. The number of carbonyl (C=O) groups excluding carboxylic acids is 3. The highest BCUT2D eigenvalue weighted by atomic mass is 79.9. The zero-order valence-electron chi connectivity index (χ0n) is 18.7. The summed E-state index contributed by atoms with van der Waals surface area (Å²) in [5.74, 6) is -0.432. The molecule has 2 amide bonds. The van der Waals surface area contributed by atoms with Crippen molar-refractivity contribution in [2.45, 2.75) is 33.1 Å². The second-order valence-corrected chi connectivity index (χ2v) is 8.48. The zero-order valence-corrected chi connectivity index (χ0v) is 20.3. The maximum Gasteiger partial charge on any atom is 0.270 e. The van der Waals surface area contributed by atoms with Gasteiger partial charge in [-0.05, 0) is 53.9 Å². The van der Waals surface area contributed by atoms with Crippen LogP contribution in [0.3, 0.4) is 0 Å². The first-order chi connectivity index (χ1) is 16.0. The van der Waals surface area contributed by atoms with Gasteiger partial charge in [0.25, 0.3) is 11.8 Å². The number of amides is 2. The number of aldehydes is 1. The third-order valence-corrected chi connectivity index (χ3v) is 6.41. The highest BCUT2D eigenvalue weighted by molar-refractivity contribution is 9.10. The summed E-state index contributed by atoms with van der Waals surface area (Å²) in [4.78, 5) is 39.9. The van der Waals surface area contributed by atoms with E-state index in [2.05, 4.69) is 15.9 Å². The Hall–Kier alpha value is -3.19. The Balaban J connectivity index is 1.93. The third kappa shape index (κ3) is 3.70. The van der Waals surface area contributed by atoms with Gasteiger partial charge in [0, 0.05) is 21.2 Å². The van der Waals surface area contributed by atoms with Gasteiger partial charge < -0.3 is 14.3 Å². The Labute approximate surface area is 200 Å². The van der Waals surface area contributed by atoms with Crippen molar-refractivity contribution in [2.75, 3.05) is 18.1 Å². The average Bonchev–Trinajstić information content (AvgIpc) is 3.07. The van der Waals surface area contributed by atoms with Crippen molar-refractivity contribution in [1.29, 1.82) is 0 Å².